The van der Waals surface area contributed by atoms with Crippen molar-refractivity contribution in [3.8, 4) is 0 Å². The predicted octanol–water partition coefficient (Wildman–Crippen LogP) is 3.54. The van der Waals surface area contributed by atoms with E-state index < -0.39 is 0 Å². The third-order valence-corrected chi connectivity index (χ3v) is 3.87. The fourth-order valence-corrected chi connectivity index (χ4v) is 2.99. The van der Waals surface area contributed by atoms with Crippen LogP contribution in [0.5, 0.6) is 0 Å². The zero-order valence-corrected chi connectivity index (χ0v) is 11.1. The van der Waals surface area contributed by atoms with Crippen LogP contribution in [0, 0.1) is 0 Å². The molecule has 1 aliphatic heterocycles. The van der Waals surface area contributed by atoms with Gasteiger partial charge in [0.25, 0.3) is 11.1 Å². The zero-order valence-electron chi connectivity index (χ0n) is 8.68. The quantitative estimate of drug-likeness (QED) is 0.797. The van der Waals surface area contributed by atoms with E-state index >= 15 is 0 Å². The molecule has 1 saturated heterocycles. The molecular formula is C11H8ClNO2S2. The summed E-state index contributed by atoms with van der Waals surface area (Å²) in [6.45, 7) is 3.54. The molecule has 0 atom stereocenters. The molecular weight excluding hydrogens is 278 g/mol. The van der Waals surface area contributed by atoms with E-state index in [1.54, 1.807) is 6.08 Å². The standard InChI is InChI=1S/C11H8ClNO2S2/c1-7(12)6-13-10(14)9(17-11(13)15)5-8-3-2-4-16-8/h2-5H,1,6H2/b9-5-. The number of thioether (sulfide) groups is 1. The average Bonchev–Trinajstić information content (AvgIpc) is 2.83. The molecule has 2 amide bonds. The Morgan fingerprint density at radius 1 is 1.53 bits per heavy atom. The maximum Gasteiger partial charge on any atom is 0.293 e. The number of imide groups is 1. The van der Waals surface area contributed by atoms with Gasteiger partial charge in [0.05, 0.1) is 11.4 Å². The van der Waals surface area contributed by atoms with Crippen LogP contribution in [0.2, 0.25) is 0 Å². The van der Waals surface area contributed by atoms with Crippen molar-refractivity contribution in [2.75, 3.05) is 6.54 Å². The van der Waals surface area contributed by atoms with Gasteiger partial charge in [-0.05, 0) is 29.3 Å². The van der Waals surface area contributed by atoms with Crippen LogP contribution in [0.4, 0.5) is 4.79 Å². The van der Waals surface area contributed by atoms with E-state index in [4.69, 9.17) is 11.6 Å². The highest BCUT2D eigenvalue weighted by Gasteiger charge is 2.34. The van der Waals surface area contributed by atoms with Crippen LogP contribution in [0.25, 0.3) is 6.08 Å². The van der Waals surface area contributed by atoms with Gasteiger partial charge in [-0.25, -0.2) is 0 Å². The lowest BCUT2D eigenvalue weighted by atomic mass is 10.3. The molecule has 1 aromatic rings. The second-order valence-electron chi connectivity index (χ2n) is 3.30. The Morgan fingerprint density at radius 3 is 2.88 bits per heavy atom. The Morgan fingerprint density at radius 2 is 2.29 bits per heavy atom. The number of rotatable bonds is 3. The molecule has 88 valence electrons. The minimum atomic E-state index is -0.310. The van der Waals surface area contributed by atoms with Gasteiger partial charge in [-0.15, -0.1) is 11.3 Å². The van der Waals surface area contributed by atoms with Gasteiger partial charge in [0.15, 0.2) is 0 Å². The molecule has 1 aromatic heterocycles. The number of thiophene rings is 1. The highest BCUT2D eigenvalue weighted by atomic mass is 35.5. The molecule has 1 aliphatic rings. The van der Waals surface area contributed by atoms with Crippen molar-refractivity contribution in [2.24, 2.45) is 0 Å². The summed E-state index contributed by atoms with van der Waals surface area (Å²) in [5, 5.41) is 1.88. The van der Waals surface area contributed by atoms with Crippen LogP contribution >= 0.6 is 34.7 Å². The van der Waals surface area contributed by atoms with Gasteiger partial charge in [-0.2, -0.15) is 0 Å². The second kappa shape index (κ2) is 5.08. The molecule has 0 N–H and O–H groups in total. The van der Waals surface area contributed by atoms with Crippen molar-refractivity contribution in [1.29, 1.82) is 0 Å². The van der Waals surface area contributed by atoms with E-state index in [-0.39, 0.29) is 22.7 Å². The third-order valence-electron chi connectivity index (χ3n) is 2.02. The first-order valence-electron chi connectivity index (χ1n) is 4.70. The first-order chi connectivity index (χ1) is 8.08. The highest BCUT2D eigenvalue weighted by molar-refractivity contribution is 8.18. The average molecular weight is 286 g/mol. The lowest BCUT2D eigenvalue weighted by molar-refractivity contribution is -0.122. The maximum atomic E-state index is 11.9. The molecule has 17 heavy (non-hydrogen) atoms. The SMILES string of the molecule is C=C(Cl)CN1C(=O)S/C(=C\c2cccs2)C1=O. The largest absolute Gasteiger partial charge is 0.293 e. The molecule has 3 nitrogen and oxygen atoms in total. The summed E-state index contributed by atoms with van der Waals surface area (Å²) in [5.41, 5.74) is 0. The smallest absolute Gasteiger partial charge is 0.268 e. The Hall–Kier alpha value is -1.04. The molecule has 0 radical (unpaired) electrons. The summed E-state index contributed by atoms with van der Waals surface area (Å²) < 4.78 is 0. The maximum absolute atomic E-state index is 11.9. The fourth-order valence-electron chi connectivity index (χ4n) is 1.31. The Kier molecular flexibility index (Phi) is 3.71. The molecule has 0 saturated carbocycles. The lowest BCUT2D eigenvalue weighted by Crippen LogP contribution is -2.29. The number of amides is 2. The molecule has 2 heterocycles. The Bertz CT molecular complexity index is 508. The number of nitrogens with zero attached hydrogens (tertiary/aromatic N) is 1. The summed E-state index contributed by atoms with van der Waals surface area (Å²) >= 11 is 8.05. The van der Waals surface area contributed by atoms with Gasteiger partial charge in [-0.3, -0.25) is 14.5 Å². The number of carbonyl (C=O) groups excluding carboxylic acids is 2. The summed E-state index contributed by atoms with van der Waals surface area (Å²) in [6, 6.07) is 3.78. The molecule has 0 bridgehead atoms. The highest BCUT2D eigenvalue weighted by Crippen LogP contribution is 2.33. The van der Waals surface area contributed by atoms with Crippen LogP contribution in [0.1, 0.15) is 4.88 Å². The molecule has 0 aromatic carbocycles. The summed E-state index contributed by atoms with van der Waals surface area (Å²) in [6.07, 6.45) is 1.71. The Labute approximate surface area is 112 Å². The van der Waals surface area contributed by atoms with E-state index in [0.717, 1.165) is 21.5 Å². The number of hydrogen-bond donors (Lipinski definition) is 0. The third kappa shape index (κ3) is 2.80. The normalized spacial score (nSPS) is 18.2. The number of halogens is 1. The monoisotopic (exact) mass is 285 g/mol. The van der Waals surface area contributed by atoms with Crippen LogP contribution in [0.15, 0.2) is 34.0 Å². The molecule has 0 aliphatic carbocycles. The first-order valence-corrected chi connectivity index (χ1v) is 6.77. The predicted molar refractivity (Wildman–Crippen MR) is 72.0 cm³/mol. The van der Waals surface area contributed by atoms with Crippen LogP contribution < -0.4 is 0 Å². The van der Waals surface area contributed by atoms with Crippen molar-refractivity contribution >= 4 is 51.9 Å². The summed E-state index contributed by atoms with van der Waals surface area (Å²) in [5.74, 6) is -0.310. The molecule has 0 spiro atoms. The van der Waals surface area contributed by atoms with Gasteiger partial charge in [-0.1, -0.05) is 24.2 Å². The fraction of sp³-hybridized carbons (Fsp3) is 0.0909. The Balaban J connectivity index is 2.21. The zero-order chi connectivity index (χ0) is 12.4. The van der Waals surface area contributed by atoms with Crippen molar-refractivity contribution in [1.82, 2.24) is 4.90 Å². The van der Waals surface area contributed by atoms with Gasteiger partial charge in [0.2, 0.25) is 0 Å². The number of hydrogen-bond acceptors (Lipinski definition) is 4. The minimum Gasteiger partial charge on any atom is -0.268 e. The molecule has 2 rings (SSSR count). The van der Waals surface area contributed by atoms with Crippen molar-refractivity contribution in [3.05, 3.63) is 38.9 Å². The van der Waals surface area contributed by atoms with E-state index in [1.165, 1.54) is 11.3 Å². The summed E-state index contributed by atoms with van der Waals surface area (Å²) in [4.78, 5) is 26.0. The van der Waals surface area contributed by atoms with Gasteiger partial charge in [0, 0.05) is 9.91 Å². The topological polar surface area (TPSA) is 37.4 Å². The van der Waals surface area contributed by atoms with Gasteiger partial charge >= 0.3 is 0 Å². The van der Waals surface area contributed by atoms with E-state index in [1.807, 2.05) is 17.5 Å². The number of carbonyl (C=O) groups is 2. The van der Waals surface area contributed by atoms with Gasteiger partial charge < -0.3 is 0 Å². The lowest BCUT2D eigenvalue weighted by Gasteiger charge is -2.10. The van der Waals surface area contributed by atoms with Crippen molar-refractivity contribution in [3.63, 3.8) is 0 Å². The van der Waals surface area contributed by atoms with Crippen molar-refractivity contribution in [2.45, 2.75) is 0 Å². The van der Waals surface area contributed by atoms with E-state index in [9.17, 15) is 9.59 Å². The summed E-state index contributed by atoms with van der Waals surface area (Å²) in [7, 11) is 0. The van der Waals surface area contributed by atoms with Crippen LogP contribution in [-0.2, 0) is 4.79 Å². The van der Waals surface area contributed by atoms with Crippen molar-refractivity contribution < 1.29 is 9.59 Å². The van der Waals surface area contributed by atoms with Crippen LogP contribution in [0.3, 0.4) is 0 Å². The molecule has 6 heteroatoms. The van der Waals surface area contributed by atoms with E-state index in [2.05, 4.69) is 6.58 Å². The second-order valence-corrected chi connectivity index (χ2v) is 5.81. The van der Waals surface area contributed by atoms with E-state index in [0.29, 0.717) is 4.91 Å². The minimum absolute atomic E-state index is 0.0635. The van der Waals surface area contributed by atoms with Crippen LogP contribution in [-0.4, -0.2) is 22.6 Å². The molecule has 0 unspecified atom stereocenters. The first kappa shape index (κ1) is 12.4. The van der Waals surface area contributed by atoms with Gasteiger partial charge in [0.1, 0.15) is 0 Å². The molecule has 1 fully saturated rings.